The number of rotatable bonds is 8. The van der Waals surface area contributed by atoms with Gasteiger partial charge >= 0.3 is 5.97 Å². The predicted octanol–water partition coefficient (Wildman–Crippen LogP) is 3.84. The Morgan fingerprint density at radius 3 is 2.24 bits per heavy atom. The molecule has 0 aromatic rings. The molecule has 14 nitrogen and oxygen atoms in total. The van der Waals surface area contributed by atoms with Crippen molar-refractivity contribution in [3.8, 4) is 0 Å². The molecule has 330 valence electrons. The van der Waals surface area contributed by atoms with Crippen LogP contribution in [0.25, 0.3) is 0 Å². The summed E-state index contributed by atoms with van der Waals surface area (Å²) in [6.45, 7) is 9.08. The fourth-order valence-corrected chi connectivity index (χ4v) is 9.60. The van der Waals surface area contributed by atoms with Gasteiger partial charge in [-0.1, -0.05) is 38.5 Å². The van der Waals surface area contributed by atoms with Crippen molar-refractivity contribution in [3.05, 3.63) is 23.3 Å². The molecule has 4 N–H and O–H groups in total. The number of Topliss-reactive ketones (excluding diaryl/α,β-unsaturated/α-hetero) is 2. The lowest BCUT2D eigenvalue weighted by Crippen LogP contribution is -2.64. The number of nitrogens with zero attached hydrogens (tertiary/aromatic N) is 1. The van der Waals surface area contributed by atoms with Crippen molar-refractivity contribution in [1.82, 2.24) is 4.90 Å². The predicted molar refractivity (Wildman–Crippen MR) is 214 cm³/mol. The minimum Gasteiger partial charge on any atom is -0.456 e. The normalized spacial score (nSPS) is 40.6. The van der Waals surface area contributed by atoms with E-state index in [-0.39, 0.29) is 56.1 Å². The number of hydrogen-bond donors (Lipinski definition) is 4. The van der Waals surface area contributed by atoms with E-state index >= 15 is 0 Å². The standard InChI is InChI=1S/C44H71NO13/c1-25-18-26(2)20-37(55-7)40-38(56-8)22-28(4)44(53,58-40)41(50)42(51)45-16-10-9-13-32(45)43(52)57-39(27(3)21-30-14-15-33(47)36(23-30)54-6)29(5)34(48)24-35(49)31(19-25)12-11-17-46/h19,21,26,28-34,36-40,46-48,53H,9-18,20,22-24H2,1-8H3/b25-19+,27-21+/t26-,28+,29+,30-,31+,32-,33+,34-,36+,37-,38-,39+,40+,44+/m0/s1. The summed E-state index contributed by atoms with van der Waals surface area (Å²) >= 11 is 0. The molecule has 14 atom stereocenters. The van der Waals surface area contributed by atoms with Gasteiger partial charge in [0, 0.05) is 58.7 Å². The van der Waals surface area contributed by atoms with Crippen LogP contribution in [0.15, 0.2) is 23.3 Å². The molecular formula is C44H71NO13. The van der Waals surface area contributed by atoms with Crippen LogP contribution in [-0.2, 0) is 42.9 Å². The number of cyclic esters (lactones) is 1. The Balaban J connectivity index is 1.78. The summed E-state index contributed by atoms with van der Waals surface area (Å²) in [4.78, 5) is 57.9. The topological polar surface area (TPSA) is 199 Å². The van der Waals surface area contributed by atoms with Crippen LogP contribution in [0.5, 0.6) is 0 Å². The number of fused-ring (bicyclic) bond motifs is 3. The highest BCUT2D eigenvalue weighted by molar-refractivity contribution is 6.39. The second-order valence-corrected chi connectivity index (χ2v) is 17.6. The number of methoxy groups -OCH3 is 3. The van der Waals surface area contributed by atoms with Gasteiger partial charge in [-0.05, 0) is 102 Å². The van der Waals surface area contributed by atoms with Gasteiger partial charge in [-0.3, -0.25) is 14.4 Å². The van der Waals surface area contributed by atoms with Crippen LogP contribution in [-0.4, -0.2) is 138 Å². The number of piperidine rings is 1. The van der Waals surface area contributed by atoms with E-state index in [0.29, 0.717) is 63.4 Å². The van der Waals surface area contributed by atoms with Gasteiger partial charge in [0.1, 0.15) is 24.0 Å². The number of aliphatic hydroxyl groups is 4. The number of amides is 1. The molecule has 1 aliphatic carbocycles. The van der Waals surface area contributed by atoms with Gasteiger partial charge in [-0.2, -0.15) is 0 Å². The van der Waals surface area contributed by atoms with Crippen LogP contribution >= 0.6 is 0 Å². The lowest BCUT2D eigenvalue weighted by atomic mass is 9.81. The van der Waals surface area contributed by atoms with Crippen molar-refractivity contribution in [2.45, 2.75) is 166 Å². The van der Waals surface area contributed by atoms with Gasteiger partial charge in [0.25, 0.3) is 11.7 Å². The van der Waals surface area contributed by atoms with E-state index in [2.05, 4.69) is 0 Å². The lowest BCUT2D eigenvalue weighted by molar-refractivity contribution is -0.302. The van der Waals surface area contributed by atoms with E-state index in [1.165, 1.54) is 19.1 Å². The molecule has 0 aromatic heterocycles. The van der Waals surface area contributed by atoms with Gasteiger partial charge in [0.2, 0.25) is 5.79 Å². The molecule has 4 aliphatic rings. The zero-order valence-corrected chi connectivity index (χ0v) is 36.0. The summed E-state index contributed by atoms with van der Waals surface area (Å²) in [7, 11) is 4.59. The molecule has 0 spiro atoms. The summed E-state index contributed by atoms with van der Waals surface area (Å²) in [6.07, 6.45) is 3.36. The molecular weight excluding hydrogens is 750 g/mol. The molecule has 2 bridgehead atoms. The SMILES string of the molecule is CO[C@H]1C[C@@H](C)C/C(C)=C/[C@@H](CCCO)C(=O)C[C@H](O)[C@@H](C)[C@@H](/C(C)=C/[C@@H]2CC[C@@H](O)[C@H](OC)C2)OC(=O)[C@@H]2CCCCN2C(=O)C(=O)[C@]2(O)O[C@H]1[C@@H](OC)C[C@H]2C. The summed E-state index contributed by atoms with van der Waals surface area (Å²) in [5.74, 6) is -7.94. The van der Waals surface area contributed by atoms with Crippen molar-refractivity contribution in [1.29, 1.82) is 0 Å². The quantitative estimate of drug-likeness (QED) is 0.157. The number of aliphatic hydroxyl groups excluding tert-OH is 3. The van der Waals surface area contributed by atoms with Gasteiger partial charge in [-0.25, -0.2) is 4.79 Å². The third-order valence-corrected chi connectivity index (χ3v) is 13.1. The molecule has 14 heteroatoms. The Morgan fingerprint density at radius 1 is 0.914 bits per heavy atom. The van der Waals surface area contributed by atoms with Crippen molar-refractivity contribution < 1.29 is 63.3 Å². The number of ether oxygens (including phenoxy) is 5. The first-order valence-corrected chi connectivity index (χ1v) is 21.4. The number of ketones is 2. The van der Waals surface area contributed by atoms with Gasteiger partial charge in [0.15, 0.2) is 0 Å². The van der Waals surface area contributed by atoms with Gasteiger partial charge in [0.05, 0.1) is 30.5 Å². The number of allylic oxidation sites excluding steroid dienone is 3. The van der Waals surface area contributed by atoms with Crippen molar-refractivity contribution in [3.63, 3.8) is 0 Å². The van der Waals surface area contributed by atoms with Crippen LogP contribution in [0.4, 0.5) is 0 Å². The maximum atomic E-state index is 14.3. The van der Waals surface area contributed by atoms with Crippen LogP contribution in [0.2, 0.25) is 0 Å². The molecule has 0 aromatic carbocycles. The summed E-state index contributed by atoms with van der Waals surface area (Å²) < 4.78 is 29.7. The maximum Gasteiger partial charge on any atom is 0.329 e. The van der Waals surface area contributed by atoms with Gasteiger partial charge < -0.3 is 49.0 Å². The highest BCUT2D eigenvalue weighted by atomic mass is 16.7. The summed E-state index contributed by atoms with van der Waals surface area (Å²) in [6, 6.07) is -1.16. The van der Waals surface area contributed by atoms with E-state index in [1.807, 2.05) is 26.0 Å². The van der Waals surface area contributed by atoms with E-state index in [1.54, 1.807) is 27.9 Å². The highest BCUT2D eigenvalue weighted by Gasteiger charge is 2.56. The molecule has 0 radical (unpaired) electrons. The number of esters is 1. The monoisotopic (exact) mass is 821 g/mol. The van der Waals surface area contributed by atoms with Crippen LogP contribution in [0.1, 0.15) is 112 Å². The zero-order valence-electron chi connectivity index (χ0n) is 36.0. The first-order valence-electron chi connectivity index (χ1n) is 21.4. The molecule has 3 heterocycles. The van der Waals surface area contributed by atoms with Crippen molar-refractivity contribution in [2.75, 3.05) is 34.5 Å². The van der Waals surface area contributed by atoms with Crippen LogP contribution in [0.3, 0.4) is 0 Å². The van der Waals surface area contributed by atoms with E-state index < -0.39 is 83.9 Å². The molecule has 4 rings (SSSR count). The molecule has 58 heavy (non-hydrogen) atoms. The van der Waals surface area contributed by atoms with Crippen molar-refractivity contribution >= 4 is 23.4 Å². The molecule has 0 unspecified atom stereocenters. The maximum absolute atomic E-state index is 14.3. The summed E-state index contributed by atoms with van der Waals surface area (Å²) in [5, 5.41) is 43.9. The minimum absolute atomic E-state index is 0.0141. The average Bonchev–Trinajstić information content (AvgIpc) is 3.20. The smallest absolute Gasteiger partial charge is 0.329 e. The Hall–Kier alpha value is -2.56. The fraction of sp³-hybridized carbons (Fsp3) is 0.818. The Labute approximate surface area is 344 Å². The molecule has 3 fully saturated rings. The zero-order chi connectivity index (χ0) is 42.9. The van der Waals surface area contributed by atoms with Gasteiger partial charge in [-0.15, -0.1) is 0 Å². The van der Waals surface area contributed by atoms with Crippen LogP contribution in [0, 0.1) is 29.6 Å². The second-order valence-electron chi connectivity index (χ2n) is 17.6. The van der Waals surface area contributed by atoms with E-state index in [4.69, 9.17) is 23.7 Å². The Bertz CT molecular complexity index is 1470. The second kappa shape index (κ2) is 21.8. The average molecular weight is 822 g/mol. The number of carbonyl (C=O) groups is 4. The third-order valence-electron chi connectivity index (χ3n) is 13.1. The van der Waals surface area contributed by atoms with E-state index in [9.17, 15) is 39.6 Å². The van der Waals surface area contributed by atoms with E-state index in [0.717, 1.165) is 5.57 Å². The number of carbonyl (C=O) groups excluding carboxylic acids is 4. The lowest BCUT2D eigenvalue weighted by Gasteiger charge is -2.47. The first-order chi connectivity index (χ1) is 27.5. The molecule has 1 saturated carbocycles. The third kappa shape index (κ3) is 11.6. The van der Waals surface area contributed by atoms with Crippen molar-refractivity contribution in [2.24, 2.45) is 29.6 Å². The Kier molecular flexibility index (Phi) is 18.1. The molecule has 3 aliphatic heterocycles. The van der Waals surface area contributed by atoms with Crippen LogP contribution < -0.4 is 0 Å². The minimum atomic E-state index is -2.52. The molecule has 2 saturated heterocycles. The number of hydrogen-bond acceptors (Lipinski definition) is 13. The fourth-order valence-electron chi connectivity index (χ4n) is 9.60. The Morgan fingerprint density at radius 2 is 1.59 bits per heavy atom. The summed E-state index contributed by atoms with van der Waals surface area (Å²) in [5.41, 5.74) is 1.57. The highest BCUT2D eigenvalue weighted by Crippen LogP contribution is 2.39. The first kappa shape index (κ1) is 48.1. The largest absolute Gasteiger partial charge is 0.456 e. The molecule has 1 amide bonds.